The van der Waals surface area contributed by atoms with Gasteiger partial charge in [-0.05, 0) is 214 Å². The molecular formula is C102H76N12. The van der Waals surface area contributed by atoms with Gasteiger partial charge in [-0.2, -0.15) is 0 Å². The second-order valence-corrected chi connectivity index (χ2v) is 29.1. The van der Waals surface area contributed by atoms with E-state index in [-0.39, 0.29) is 0 Å². The van der Waals surface area contributed by atoms with Gasteiger partial charge in [0.25, 0.3) is 0 Å². The number of pyridine rings is 4. The number of imidazole rings is 4. The van der Waals surface area contributed by atoms with Crippen molar-refractivity contribution >= 4 is 44.7 Å². The first-order chi connectivity index (χ1) is 56.0. The maximum absolute atomic E-state index is 5.08. The lowest BCUT2D eigenvalue weighted by molar-refractivity contribution is 1.04. The fraction of sp³-hybridized carbons (Fsp3) is 0.0588. The lowest BCUT2D eigenvalue weighted by Gasteiger charge is -2.15. The Hall–Kier alpha value is -14.9. The van der Waals surface area contributed by atoms with Crippen LogP contribution < -0.4 is 0 Å². The smallest absolute Gasteiger partial charge is 0.164 e. The Balaban J connectivity index is 0.000000153. The van der Waals surface area contributed by atoms with Crippen LogP contribution in [0.5, 0.6) is 0 Å². The van der Waals surface area contributed by atoms with E-state index < -0.39 is 0 Å². The minimum atomic E-state index is 0.847. The predicted octanol–water partition coefficient (Wildman–Crippen LogP) is 24.8. The van der Waals surface area contributed by atoms with E-state index in [1.54, 1.807) is 0 Å². The highest BCUT2D eigenvalue weighted by atomic mass is 15.2. The summed E-state index contributed by atoms with van der Waals surface area (Å²) in [7, 11) is 0. The number of benzene rings is 12. The largest absolute Gasteiger partial charge is 0.276 e. The molecule has 0 N–H and O–H groups in total. The Morgan fingerprint density at radius 2 is 0.395 bits per heavy atom. The van der Waals surface area contributed by atoms with Crippen LogP contribution >= 0.6 is 0 Å². The molecule has 0 aliphatic rings. The van der Waals surface area contributed by atoms with Crippen LogP contribution in [0.2, 0.25) is 0 Å². The molecule has 114 heavy (non-hydrogen) atoms. The molecule has 544 valence electrons. The highest BCUT2D eigenvalue weighted by molar-refractivity contribution is 5.88. The zero-order valence-corrected chi connectivity index (χ0v) is 63.9. The second-order valence-electron chi connectivity index (χ2n) is 29.1. The first kappa shape index (κ1) is 69.6. The van der Waals surface area contributed by atoms with Gasteiger partial charge in [-0.3, -0.25) is 18.3 Å². The van der Waals surface area contributed by atoms with Crippen molar-refractivity contribution in [1.82, 2.24) is 58.1 Å². The van der Waals surface area contributed by atoms with Gasteiger partial charge >= 0.3 is 0 Å². The fourth-order valence-corrected chi connectivity index (χ4v) is 16.0. The van der Waals surface area contributed by atoms with E-state index in [4.69, 9.17) is 39.9 Å². The lowest BCUT2D eigenvalue weighted by Crippen LogP contribution is -2.03. The molecule has 0 unspecified atom stereocenters. The molecule has 12 nitrogen and oxygen atoms in total. The standard InChI is InChI=1S/C52H40N6.C50H36N6/c1-33-9-5-10-34(2)47(33)57-49(55-45-13-7-31-53-51(45)57)43-27-23-41(24-28-43)39-19-15-37(16-20-39)38-17-21-40(22-18-38)42-25-29-44(30-26-42)50-56-46-14-8-32-54-52(46)58(50)48-35(3)11-6-12-36(48)4;1-33-11-3-5-19-45(33)55-47(53-43-17-9-29-51-49(43)55)38-27-25-36(26-28-38)35-21-23-37(24-22-35)39-13-7-14-40(31-39)41-15-8-16-42(32-41)48-54-44-18-10-30-52-50(44)56(48)46-20-6-4-12-34(46)2/h5-32H,1-4H3;3-32H,1-2H3. The fourth-order valence-electron chi connectivity index (χ4n) is 16.0. The van der Waals surface area contributed by atoms with Gasteiger partial charge in [-0.1, -0.05) is 255 Å². The third kappa shape index (κ3) is 13.0. The topological polar surface area (TPSA) is 123 Å². The van der Waals surface area contributed by atoms with Gasteiger partial charge in [0.15, 0.2) is 22.6 Å². The Kier molecular flexibility index (Phi) is 18.0. The maximum atomic E-state index is 5.08. The number of rotatable bonds is 14. The molecule has 8 heterocycles. The summed E-state index contributed by atoms with van der Waals surface area (Å²) >= 11 is 0. The van der Waals surface area contributed by atoms with E-state index in [0.717, 1.165) is 157 Å². The number of nitrogens with zero attached hydrogens (tertiary/aromatic N) is 12. The minimum absolute atomic E-state index is 0.847. The maximum Gasteiger partial charge on any atom is 0.164 e. The van der Waals surface area contributed by atoms with Gasteiger partial charge in [0.1, 0.15) is 45.4 Å². The van der Waals surface area contributed by atoms with Crippen molar-refractivity contribution in [1.29, 1.82) is 0 Å². The summed E-state index contributed by atoms with van der Waals surface area (Å²) in [6.45, 7) is 12.8. The first-order valence-electron chi connectivity index (χ1n) is 38.4. The summed E-state index contributed by atoms with van der Waals surface area (Å²) in [5.41, 5.74) is 36.5. The summed E-state index contributed by atoms with van der Waals surface area (Å²) in [5, 5.41) is 0. The summed E-state index contributed by atoms with van der Waals surface area (Å²) in [5.74, 6) is 3.52. The Bertz CT molecular complexity index is 6750. The summed E-state index contributed by atoms with van der Waals surface area (Å²) in [6.07, 6.45) is 7.33. The molecule has 0 spiro atoms. The molecule has 12 aromatic carbocycles. The van der Waals surface area contributed by atoms with Gasteiger partial charge in [-0.15, -0.1) is 0 Å². The Morgan fingerprint density at radius 3 is 0.702 bits per heavy atom. The molecular weight excluding hydrogens is 1390 g/mol. The molecule has 0 saturated heterocycles. The molecule has 0 atom stereocenters. The number of fused-ring (bicyclic) bond motifs is 4. The molecule has 0 saturated carbocycles. The zero-order valence-electron chi connectivity index (χ0n) is 63.9. The number of aryl methyl sites for hydroxylation is 6. The van der Waals surface area contributed by atoms with Crippen molar-refractivity contribution in [2.75, 3.05) is 0 Å². The molecule has 20 aromatic rings. The van der Waals surface area contributed by atoms with Crippen LogP contribution in [0.3, 0.4) is 0 Å². The van der Waals surface area contributed by atoms with Crippen LogP contribution in [0.15, 0.2) is 352 Å². The van der Waals surface area contributed by atoms with Crippen LogP contribution in [0.25, 0.3) is 180 Å². The van der Waals surface area contributed by atoms with Gasteiger partial charge in [0.2, 0.25) is 0 Å². The third-order valence-corrected chi connectivity index (χ3v) is 21.8. The first-order valence-corrected chi connectivity index (χ1v) is 38.4. The van der Waals surface area contributed by atoms with Crippen molar-refractivity contribution < 1.29 is 0 Å². The van der Waals surface area contributed by atoms with Crippen LogP contribution in [-0.2, 0) is 0 Å². The number of para-hydroxylation sites is 4. The summed E-state index contributed by atoms with van der Waals surface area (Å²) in [4.78, 5) is 39.1. The van der Waals surface area contributed by atoms with Gasteiger partial charge < -0.3 is 0 Å². The molecule has 8 aromatic heterocycles. The van der Waals surface area contributed by atoms with Crippen LogP contribution in [0.4, 0.5) is 0 Å². The second kappa shape index (κ2) is 29.5. The Labute approximate surface area is 661 Å². The van der Waals surface area contributed by atoms with Gasteiger partial charge in [0.05, 0.1) is 22.7 Å². The molecule has 12 heteroatoms. The van der Waals surface area contributed by atoms with Gasteiger partial charge in [-0.25, -0.2) is 39.9 Å². The van der Waals surface area contributed by atoms with Crippen molar-refractivity contribution in [3.05, 3.63) is 386 Å². The molecule has 0 radical (unpaired) electrons. The van der Waals surface area contributed by atoms with Crippen molar-refractivity contribution in [2.45, 2.75) is 41.5 Å². The lowest BCUT2D eigenvalue weighted by atomic mass is 9.96. The van der Waals surface area contributed by atoms with E-state index in [1.807, 2.05) is 73.3 Å². The van der Waals surface area contributed by atoms with Gasteiger partial charge in [0, 0.05) is 47.0 Å². The number of hydrogen-bond donors (Lipinski definition) is 0. The number of hydrogen-bond acceptors (Lipinski definition) is 8. The van der Waals surface area contributed by atoms with E-state index in [2.05, 4.69) is 339 Å². The molecule has 0 aliphatic heterocycles. The minimum Gasteiger partial charge on any atom is -0.276 e. The van der Waals surface area contributed by atoms with E-state index >= 15 is 0 Å². The van der Waals surface area contributed by atoms with E-state index in [1.165, 1.54) is 55.6 Å². The normalized spacial score (nSPS) is 11.4. The van der Waals surface area contributed by atoms with Crippen molar-refractivity contribution in [3.63, 3.8) is 0 Å². The average molecular weight is 1470 g/mol. The quantitative estimate of drug-likeness (QED) is 0.105. The van der Waals surface area contributed by atoms with Crippen LogP contribution in [-0.4, -0.2) is 58.1 Å². The van der Waals surface area contributed by atoms with E-state index in [9.17, 15) is 0 Å². The average Bonchev–Trinajstić information content (AvgIpc) is 1.62. The van der Waals surface area contributed by atoms with E-state index in [0.29, 0.717) is 0 Å². The molecule has 0 bridgehead atoms. The molecule has 0 fully saturated rings. The summed E-state index contributed by atoms with van der Waals surface area (Å²) < 4.78 is 8.75. The SMILES string of the molecule is Cc1cccc(C)c1-n1c(-c2ccc(-c3ccc(-c4ccc(-c5ccc(-c6nc7cccnc7n6-c6c(C)cccc6C)cc5)cc4)cc3)cc2)nc2cccnc21.Cc1ccccc1-n1c(-c2ccc(-c3ccc(-c4cccc(-c5cccc(-c6nc7cccnc7n6-c6ccccc6C)c5)c4)cc3)cc2)nc2cccnc21. The van der Waals surface area contributed by atoms with Crippen molar-refractivity contribution in [2.24, 2.45) is 0 Å². The third-order valence-electron chi connectivity index (χ3n) is 21.8. The Morgan fingerprint density at radius 1 is 0.175 bits per heavy atom. The monoisotopic (exact) mass is 1470 g/mol. The predicted molar refractivity (Wildman–Crippen MR) is 465 cm³/mol. The number of aromatic nitrogens is 12. The highest BCUT2D eigenvalue weighted by Gasteiger charge is 2.24. The van der Waals surface area contributed by atoms with Crippen LogP contribution in [0, 0.1) is 41.5 Å². The zero-order chi connectivity index (χ0) is 76.9. The van der Waals surface area contributed by atoms with Crippen LogP contribution in [0.1, 0.15) is 33.4 Å². The molecule has 0 aliphatic carbocycles. The summed E-state index contributed by atoms with van der Waals surface area (Å²) in [6, 6.07) is 115. The highest BCUT2D eigenvalue weighted by Crippen LogP contribution is 2.40. The molecule has 0 amide bonds. The molecule has 20 rings (SSSR count). The van der Waals surface area contributed by atoms with Crippen molar-refractivity contribution in [3.8, 4) is 135 Å².